The van der Waals surface area contributed by atoms with Gasteiger partial charge in [0.05, 0.1) is 6.61 Å². The minimum absolute atomic E-state index is 0.224. The van der Waals surface area contributed by atoms with E-state index in [-0.39, 0.29) is 5.92 Å². The van der Waals surface area contributed by atoms with Crippen molar-refractivity contribution in [3.05, 3.63) is 11.9 Å². The maximum Gasteiger partial charge on any atom is 0.276 e. The van der Waals surface area contributed by atoms with Gasteiger partial charge < -0.3 is 15.0 Å². The smallest absolute Gasteiger partial charge is 0.276 e. The van der Waals surface area contributed by atoms with E-state index in [1.807, 2.05) is 0 Å². The quantitative estimate of drug-likeness (QED) is 0.802. The highest BCUT2D eigenvalue weighted by atomic mass is 16.5. The third-order valence-corrected chi connectivity index (χ3v) is 2.80. The molecule has 1 aliphatic heterocycles. The second-order valence-electron chi connectivity index (χ2n) is 4.08. The number of aromatic amines is 1. The highest BCUT2D eigenvalue weighted by Gasteiger charge is 2.22. The Morgan fingerprint density at radius 2 is 2.41 bits per heavy atom. The van der Waals surface area contributed by atoms with Gasteiger partial charge >= 0.3 is 0 Å². The fraction of sp³-hybridized carbons (Fsp3) is 0.500. The summed E-state index contributed by atoms with van der Waals surface area (Å²) < 4.78 is 10.6. The van der Waals surface area contributed by atoms with Gasteiger partial charge in [-0.15, -0.1) is 0 Å². The molecule has 1 aliphatic rings. The van der Waals surface area contributed by atoms with Gasteiger partial charge in [0.15, 0.2) is 5.82 Å². The van der Waals surface area contributed by atoms with Crippen LogP contribution >= 0.6 is 0 Å². The lowest BCUT2D eigenvalue weighted by Crippen LogP contribution is -2.16. The molecule has 0 aromatic carbocycles. The van der Waals surface area contributed by atoms with Crippen LogP contribution in [0.3, 0.4) is 0 Å². The zero-order chi connectivity index (χ0) is 11.7. The second kappa shape index (κ2) is 4.17. The van der Waals surface area contributed by atoms with Crippen molar-refractivity contribution in [2.45, 2.75) is 18.8 Å². The first-order valence-corrected chi connectivity index (χ1v) is 5.55. The van der Waals surface area contributed by atoms with Crippen LogP contribution in [-0.4, -0.2) is 33.6 Å². The van der Waals surface area contributed by atoms with Crippen LogP contribution < -0.4 is 5.73 Å². The zero-order valence-electron chi connectivity index (χ0n) is 9.22. The number of nitrogen functional groups attached to an aromatic ring is 1. The number of aromatic nitrogens is 4. The van der Waals surface area contributed by atoms with Crippen molar-refractivity contribution in [1.29, 1.82) is 0 Å². The minimum atomic E-state index is 0.224. The van der Waals surface area contributed by atoms with E-state index in [0.29, 0.717) is 29.8 Å². The Bertz CT molecular complexity index is 500. The molecule has 7 heteroatoms. The summed E-state index contributed by atoms with van der Waals surface area (Å²) in [6.07, 6.45) is 2.07. The Morgan fingerprint density at radius 3 is 3.12 bits per heavy atom. The number of H-pyrrole nitrogens is 1. The largest absolute Gasteiger partial charge is 0.382 e. The average molecular weight is 235 g/mol. The van der Waals surface area contributed by atoms with Crippen LogP contribution in [0.25, 0.3) is 11.6 Å². The Hall–Kier alpha value is -1.89. The van der Waals surface area contributed by atoms with Crippen molar-refractivity contribution in [3.8, 4) is 11.6 Å². The monoisotopic (exact) mass is 235 g/mol. The summed E-state index contributed by atoms with van der Waals surface area (Å²) in [4.78, 5) is 4.33. The number of hydrogen-bond donors (Lipinski definition) is 2. The number of nitrogens with two attached hydrogens (primary N) is 1. The summed E-state index contributed by atoms with van der Waals surface area (Å²) in [7, 11) is 0. The summed E-state index contributed by atoms with van der Waals surface area (Å²) in [6.45, 7) is 1.47. The molecule has 1 fully saturated rings. The summed E-state index contributed by atoms with van der Waals surface area (Å²) in [5, 5.41) is 10.5. The van der Waals surface area contributed by atoms with E-state index in [0.717, 1.165) is 19.4 Å². The zero-order valence-corrected chi connectivity index (χ0v) is 9.22. The molecule has 3 N–H and O–H groups in total. The molecule has 0 aliphatic carbocycles. The van der Waals surface area contributed by atoms with Gasteiger partial charge in [-0.05, 0) is 12.8 Å². The van der Waals surface area contributed by atoms with Crippen molar-refractivity contribution in [2.24, 2.45) is 0 Å². The number of rotatable bonds is 2. The molecular weight excluding hydrogens is 222 g/mol. The standard InChI is InChI=1S/C10H13N5O2/c11-8-4-7(13-14-8)10-12-9(15-17-10)6-2-1-3-16-5-6/h4,6H,1-3,5H2,(H3,11,13,14). The lowest BCUT2D eigenvalue weighted by atomic mass is 10.0. The second-order valence-corrected chi connectivity index (χ2v) is 4.08. The molecule has 1 unspecified atom stereocenters. The van der Waals surface area contributed by atoms with Crippen LogP contribution in [0.5, 0.6) is 0 Å². The summed E-state index contributed by atoms with van der Waals surface area (Å²) in [5.74, 6) is 1.73. The minimum Gasteiger partial charge on any atom is -0.382 e. The Balaban J connectivity index is 1.82. The van der Waals surface area contributed by atoms with Crippen LogP contribution in [0.1, 0.15) is 24.6 Å². The molecule has 0 amide bonds. The van der Waals surface area contributed by atoms with E-state index in [1.54, 1.807) is 6.07 Å². The summed E-state index contributed by atoms with van der Waals surface area (Å²) in [5.41, 5.74) is 6.15. The van der Waals surface area contributed by atoms with Crippen LogP contribution in [0.2, 0.25) is 0 Å². The van der Waals surface area contributed by atoms with Gasteiger partial charge in [-0.25, -0.2) is 0 Å². The highest BCUT2D eigenvalue weighted by Crippen LogP contribution is 2.25. The normalized spacial score (nSPS) is 20.6. The van der Waals surface area contributed by atoms with Crippen LogP contribution in [0, 0.1) is 0 Å². The van der Waals surface area contributed by atoms with E-state index >= 15 is 0 Å². The topological polar surface area (TPSA) is 103 Å². The van der Waals surface area contributed by atoms with E-state index in [2.05, 4.69) is 20.3 Å². The first-order chi connectivity index (χ1) is 8.33. The molecule has 2 aromatic heterocycles. The first kappa shape index (κ1) is 10.3. The average Bonchev–Trinajstić information content (AvgIpc) is 2.98. The predicted octanol–water partition coefficient (Wildman–Crippen LogP) is 0.936. The summed E-state index contributed by atoms with van der Waals surface area (Å²) >= 11 is 0. The fourth-order valence-corrected chi connectivity index (χ4v) is 1.90. The predicted molar refractivity (Wildman–Crippen MR) is 59.1 cm³/mol. The Morgan fingerprint density at radius 1 is 1.47 bits per heavy atom. The Kier molecular flexibility index (Phi) is 2.52. The van der Waals surface area contributed by atoms with Gasteiger partial charge in [-0.3, -0.25) is 5.10 Å². The van der Waals surface area contributed by atoms with E-state index in [9.17, 15) is 0 Å². The molecule has 0 bridgehead atoms. The first-order valence-electron chi connectivity index (χ1n) is 5.55. The van der Waals surface area contributed by atoms with Gasteiger partial charge in [-0.2, -0.15) is 10.1 Å². The number of nitrogens with zero attached hydrogens (tertiary/aromatic N) is 3. The van der Waals surface area contributed by atoms with Crippen LogP contribution in [0.4, 0.5) is 5.82 Å². The maximum absolute atomic E-state index is 5.51. The molecule has 0 spiro atoms. The molecule has 2 aromatic rings. The molecule has 0 radical (unpaired) electrons. The number of ether oxygens (including phenoxy) is 1. The molecule has 3 rings (SSSR count). The fourth-order valence-electron chi connectivity index (χ4n) is 1.90. The molecule has 0 saturated carbocycles. The lowest BCUT2D eigenvalue weighted by molar-refractivity contribution is 0.0773. The van der Waals surface area contributed by atoms with Gasteiger partial charge in [0, 0.05) is 18.6 Å². The van der Waals surface area contributed by atoms with Crippen molar-refractivity contribution in [2.75, 3.05) is 18.9 Å². The van der Waals surface area contributed by atoms with Crippen molar-refractivity contribution in [1.82, 2.24) is 20.3 Å². The SMILES string of the molecule is Nc1cc(-c2nc(C3CCCOC3)no2)[nH]n1. The molecule has 1 saturated heterocycles. The van der Waals surface area contributed by atoms with Crippen molar-refractivity contribution < 1.29 is 9.26 Å². The Labute approximate surface area is 97.3 Å². The third-order valence-electron chi connectivity index (χ3n) is 2.80. The third kappa shape index (κ3) is 2.01. The summed E-state index contributed by atoms with van der Waals surface area (Å²) in [6, 6.07) is 1.66. The van der Waals surface area contributed by atoms with Gasteiger partial charge in [-0.1, -0.05) is 5.16 Å². The molecule has 3 heterocycles. The van der Waals surface area contributed by atoms with Crippen LogP contribution in [0.15, 0.2) is 10.6 Å². The van der Waals surface area contributed by atoms with E-state index in [1.165, 1.54) is 0 Å². The molecule has 1 atom stereocenters. The van der Waals surface area contributed by atoms with Gasteiger partial charge in [0.2, 0.25) is 0 Å². The van der Waals surface area contributed by atoms with Gasteiger partial charge in [0.1, 0.15) is 11.5 Å². The molecule has 7 nitrogen and oxygen atoms in total. The lowest BCUT2D eigenvalue weighted by Gasteiger charge is -2.18. The number of nitrogens with one attached hydrogen (secondary N) is 1. The molecule has 90 valence electrons. The van der Waals surface area contributed by atoms with Crippen molar-refractivity contribution >= 4 is 5.82 Å². The number of anilines is 1. The van der Waals surface area contributed by atoms with Crippen LogP contribution in [-0.2, 0) is 4.74 Å². The maximum atomic E-state index is 5.51. The van der Waals surface area contributed by atoms with E-state index < -0.39 is 0 Å². The highest BCUT2D eigenvalue weighted by molar-refractivity contribution is 5.51. The van der Waals surface area contributed by atoms with Gasteiger partial charge in [0.25, 0.3) is 5.89 Å². The molecule has 17 heavy (non-hydrogen) atoms. The van der Waals surface area contributed by atoms with E-state index in [4.69, 9.17) is 15.0 Å². The molecular formula is C10H13N5O2. The van der Waals surface area contributed by atoms with Crippen molar-refractivity contribution in [3.63, 3.8) is 0 Å². The number of hydrogen-bond acceptors (Lipinski definition) is 6.